The van der Waals surface area contributed by atoms with Gasteiger partial charge in [-0.3, -0.25) is 9.36 Å². The first-order chi connectivity index (χ1) is 33.7. The van der Waals surface area contributed by atoms with Crippen molar-refractivity contribution >= 4 is 76.3 Å². The monoisotopic (exact) mass is 868 g/mol. The summed E-state index contributed by atoms with van der Waals surface area (Å²) in [5.41, 5.74) is 16.0. The second-order valence-electron chi connectivity index (χ2n) is 17.7. The first kappa shape index (κ1) is 38.1. The van der Waals surface area contributed by atoms with Crippen LogP contribution >= 0.6 is 0 Å². The van der Waals surface area contributed by atoms with Crippen molar-refractivity contribution in [3.05, 3.63) is 253 Å². The molecule has 10 aromatic carbocycles. The van der Waals surface area contributed by atoms with Crippen molar-refractivity contribution in [1.29, 1.82) is 0 Å². The van der Waals surface area contributed by atoms with Gasteiger partial charge in [-0.1, -0.05) is 133 Å². The third-order valence-electron chi connectivity index (χ3n) is 13.9. The Morgan fingerprint density at radius 1 is 0.235 bits per heavy atom. The Balaban J connectivity index is 1.01. The van der Waals surface area contributed by atoms with E-state index in [9.17, 15) is 0 Å². The van der Waals surface area contributed by atoms with Gasteiger partial charge in [0.15, 0.2) is 0 Å². The molecular formula is C63H40N4O. The van der Waals surface area contributed by atoms with Crippen LogP contribution in [0.4, 0.5) is 0 Å². The third-order valence-corrected chi connectivity index (χ3v) is 13.9. The maximum Gasteiger partial charge on any atom is 0.265 e. The fraction of sp³-hybridized carbons (Fsp3) is 0. The molecular weight excluding hydrogens is 829 g/mol. The largest absolute Gasteiger partial charge is 0.309 e. The summed E-state index contributed by atoms with van der Waals surface area (Å²) >= 11 is 0. The molecule has 14 aromatic rings. The van der Waals surface area contributed by atoms with Crippen LogP contribution in [0.1, 0.15) is 0 Å². The van der Waals surface area contributed by atoms with Gasteiger partial charge in [-0.05, 0) is 131 Å². The fourth-order valence-corrected chi connectivity index (χ4v) is 11.0. The number of fused-ring (bicyclic) bond motifs is 11. The highest BCUT2D eigenvalue weighted by molar-refractivity contribution is 6.19. The molecule has 4 heterocycles. The summed E-state index contributed by atoms with van der Waals surface area (Å²) in [6.07, 6.45) is 0. The predicted molar refractivity (Wildman–Crippen MR) is 283 cm³/mol. The molecule has 0 aliphatic rings. The number of para-hydroxylation sites is 6. The molecule has 0 aliphatic carbocycles. The minimum atomic E-state index is -0.0376. The molecule has 68 heavy (non-hydrogen) atoms. The summed E-state index contributed by atoms with van der Waals surface area (Å²) < 4.78 is 8.91. The minimum Gasteiger partial charge on any atom is -0.309 e. The number of pyridine rings is 1. The highest BCUT2D eigenvalue weighted by Crippen LogP contribution is 2.41. The molecule has 4 aromatic heterocycles. The lowest BCUT2D eigenvalue weighted by atomic mass is 9.98. The minimum absolute atomic E-state index is 0.0376. The summed E-state index contributed by atoms with van der Waals surface area (Å²) in [5, 5.41) is 7.44. The van der Waals surface area contributed by atoms with E-state index in [0.717, 1.165) is 77.8 Å². The molecule has 0 N–H and O–H groups in total. The number of rotatable bonds is 6. The molecule has 0 fully saturated rings. The first-order valence-electron chi connectivity index (χ1n) is 23.1. The Kier molecular flexibility index (Phi) is 8.37. The molecule has 318 valence electrons. The molecule has 5 heteroatoms. The van der Waals surface area contributed by atoms with Crippen LogP contribution < -0.4 is 5.56 Å². The van der Waals surface area contributed by atoms with Crippen LogP contribution in [0.3, 0.4) is 0 Å². The maximum absolute atomic E-state index is 15.0. The number of hydrogen-bond donors (Lipinski definition) is 0. The van der Waals surface area contributed by atoms with Crippen molar-refractivity contribution < 1.29 is 0 Å². The van der Waals surface area contributed by atoms with Crippen LogP contribution in [0.2, 0.25) is 0 Å². The first-order valence-corrected chi connectivity index (χ1v) is 23.1. The van der Waals surface area contributed by atoms with E-state index in [-0.39, 0.29) is 5.56 Å². The van der Waals surface area contributed by atoms with Gasteiger partial charge >= 0.3 is 0 Å². The van der Waals surface area contributed by atoms with E-state index >= 15 is 4.79 Å². The van der Waals surface area contributed by atoms with E-state index in [1.807, 2.05) is 47.0 Å². The topological polar surface area (TPSA) is 36.8 Å². The van der Waals surface area contributed by atoms with E-state index in [1.54, 1.807) is 0 Å². The second-order valence-corrected chi connectivity index (χ2v) is 17.7. The fourth-order valence-electron chi connectivity index (χ4n) is 11.0. The Morgan fingerprint density at radius 2 is 0.544 bits per heavy atom. The molecule has 0 aliphatic heterocycles. The zero-order chi connectivity index (χ0) is 44.9. The van der Waals surface area contributed by atoms with Gasteiger partial charge in [0, 0.05) is 55.1 Å². The van der Waals surface area contributed by atoms with Crippen molar-refractivity contribution in [2.24, 2.45) is 0 Å². The van der Waals surface area contributed by atoms with Crippen molar-refractivity contribution in [3.63, 3.8) is 0 Å². The zero-order valence-electron chi connectivity index (χ0n) is 36.8. The van der Waals surface area contributed by atoms with Crippen LogP contribution in [-0.2, 0) is 0 Å². The Labute approximate surface area is 390 Å². The molecule has 0 unspecified atom stereocenters. The molecule has 0 saturated heterocycles. The number of benzene rings is 10. The van der Waals surface area contributed by atoms with Gasteiger partial charge in [-0.25, -0.2) is 0 Å². The van der Waals surface area contributed by atoms with Crippen LogP contribution in [0, 0.1) is 0 Å². The molecule has 5 nitrogen and oxygen atoms in total. The number of nitrogens with zero attached hydrogens (tertiary/aromatic N) is 4. The normalized spacial score (nSPS) is 11.9. The standard InChI is InChI=1S/C63H40N4O/c68-63-61-50-26-14-16-28-56(50)66(47-21-9-3-10-22-47)62(61)54-40-44(32-36-60(54)67(63)48-23-11-4-12-24-48)43-31-35-59-53(39-43)52-38-42(30-34-58(52)65(59)46-19-7-2-8-20-46)41-29-33-57-51(37-41)49-25-13-15-27-55(49)64(57)45-17-5-1-6-18-45/h1-40H. The summed E-state index contributed by atoms with van der Waals surface area (Å²) in [6, 6.07) is 86.0. The average molecular weight is 869 g/mol. The number of aromatic nitrogens is 4. The molecule has 14 rings (SSSR count). The Morgan fingerprint density at radius 3 is 1.00 bits per heavy atom. The molecule has 0 amide bonds. The van der Waals surface area contributed by atoms with Crippen molar-refractivity contribution in [2.45, 2.75) is 0 Å². The predicted octanol–water partition coefficient (Wildman–Crippen LogP) is 15.6. The zero-order valence-corrected chi connectivity index (χ0v) is 36.8. The van der Waals surface area contributed by atoms with E-state index < -0.39 is 0 Å². The Bertz CT molecular complexity index is 4370. The summed E-state index contributed by atoms with van der Waals surface area (Å²) in [4.78, 5) is 15.0. The molecule has 0 bridgehead atoms. The van der Waals surface area contributed by atoms with Gasteiger partial charge in [0.25, 0.3) is 5.56 Å². The van der Waals surface area contributed by atoms with Crippen LogP contribution in [0.15, 0.2) is 247 Å². The summed E-state index contributed by atoms with van der Waals surface area (Å²) in [6.45, 7) is 0. The third kappa shape index (κ3) is 5.66. The van der Waals surface area contributed by atoms with Crippen molar-refractivity contribution in [2.75, 3.05) is 0 Å². The molecule has 0 atom stereocenters. The van der Waals surface area contributed by atoms with E-state index in [4.69, 9.17) is 0 Å². The smallest absolute Gasteiger partial charge is 0.265 e. The van der Waals surface area contributed by atoms with Gasteiger partial charge in [-0.15, -0.1) is 0 Å². The lowest BCUT2D eigenvalue weighted by molar-refractivity contribution is 1.06. The molecule has 0 spiro atoms. The van der Waals surface area contributed by atoms with E-state index in [2.05, 4.69) is 214 Å². The quantitative estimate of drug-likeness (QED) is 0.164. The second kappa shape index (κ2) is 14.9. The maximum atomic E-state index is 15.0. The van der Waals surface area contributed by atoms with Gasteiger partial charge in [0.05, 0.1) is 44.0 Å². The lowest BCUT2D eigenvalue weighted by Gasteiger charge is -2.15. The highest BCUT2D eigenvalue weighted by Gasteiger charge is 2.23. The molecule has 0 saturated carbocycles. The van der Waals surface area contributed by atoms with Gasteiger partial charge in [-0.2, -0.15) is 0 Å². The highest BCUT2D eigenvalue weighted by atomic mass is 16.1. The summed E-state index contributed by atoms with van der Waals surface area (Å²) in [5.74, 6) is 0. The van der Waals surface area contributed by atoms with Gasteiger partial charge in [0.2, 0.25) is 0 Å². The Hall–Kier alpha value is -9.19. The number of hydrogen-bond acceptors (Lipinski definition) is 1. The van der Waals surface area contributed by atoms with E-state index in [0.29, 0.717) is 5.39 Å². The van der Waals surface area contributed by atoms with E-state index in [1.165, 1.54) is 38.1 Å². The molecule has 0 radical (unpaired) electrons. The lowest BCUT2D eigenvalue weighted by Crippen LogP contribution is -2.19. The van der Waals surface area contributed by atoms with Crippen LogP contribution in [0.5, 0.6) is 0 Å². The van der Waals surface area contributed by atoms with Crippen LogP contribution in [-0.4, -0.2) is 18.3 Å². The van der Waals surface area contributed by atoms with Gasteiger partial charge in [0.1, 0.15) is 0 Å². The van der Waals surface area contributed by atoms with Crippen LogP contribution in [0.25, 0.3) is 121 Å². The van der Waals surface area contributed by atoms with Crippen molar-refractivity contribution in [3.8, 4) is 45.0 Å². The summed E-state index contributed by atoms with van der Waals surface area (Å²) in [7, 11) is 0. The SMILES string of the molecule is O=c1c2c3ccccc3n(-c3ccccc3)c2c2cc(-c3ccc4c(c3)c3cc(-c5ccc6c(c5)c5ccccc5n6-c5ccccc5)ccc3n4-c3ccccc3)ccc2n1-c1ccccc1. The van der Waals surface area contributed by atoms with Gasteiger partial charge < -0.3 is 13.7 Å². The average Bonchev–Trinajstić information content (AvgIpc) is 4.05. The van der Waals surface area contributed by atoms with Crippen molar-refractivity contribution in [1.82, 2.24) is 18.3 Å².